The summed E-state index contributed by atoms with van der Waals surface area (Å²) in [5, 5.41) is 9.48. The Hall–Kier alpha value is -2.77. The van der Waals surface area contributed by atoms with E-state index in [0.29, 0.717) is 19.5 Å². The van der Waals surface area contributed by atoms with Gasteiger partial charge >= 0.3 is 0 Å². The van der Waals surface area contributed by atoms with Crippen molar-refractivity contribution in [3.63, 3.8) is 0 Å². The molecule has 7 heteroatoms. The number of pyridine rings is 1. The first-order valence-corrected chi connectivity index (χ1v) is 10.2. The first-order valence-electron chi connectivity index (χ1n) is 10.2. The van der Waals surface area contributed by atoms with Gasteiger partial charge in [0.05, 0.1) is 11.7 Å². The van der Waals surface area contributed by atoms with Gasteiger partial charge < -0.3 is 16.0 Å². The first kappa shape index (κ1) is 19.5. The monoisotopic (exact) mass is 393 g/mol. The highest BCUT2D eigenvalue weighted by molar-refractivity contribution is 5.90. The Morgan fingerprint density at radius 3 is 2.79 bits per heavy atom. The van der Waals surface area contributed by atoms with Crippen LogP contribution in [-0.2, 0) is 16.1 Å². The molecule has 0 bridgehead atoms. The number of rotatable bonds is 7. The molecule has 2 aliphatic heterocycles. The third-order valence-electron chi connectivity index (χ3n) is 5.68. The number of carbonyl (C=O) groups is 2. The number of aromatic nitrogens is 1. The molecule has 0 saturated carbocycles. The van der Waals surface area contributed by atoms with Gasteiger partial charge in [0.25, 0.3) is 0 Å². The van der Waals surface area contributed by atoms with E-state index in [1.54, 1.807) is 6.20 Å². The highest BCUT2D eigenvalue weighted by atomic mass is 16.2. The number of benzene rings is 1. The lowest BCUT2D eigenvalue weighted by Crippen LogP contribution is -2.57. The van der Waals surface area contributed by atoms with E-state index in [2.05, 4.69) is 25.8 Å². The molecule has 4 rings (SSSR count). The number of hydrogen-bond acceptors (Lipinski definition) is 5. The molecule has 29 heavy (non-hydrogen) atoms. The zero-order chi connectivity index (χ0) is 20.1. The van der Waals surface area contributed by atoms with Crippen LogP contribution >= 0.6 is 0 Å². The average molecular weight is 393 g/mol. The summed E-state index contributed by atoms with van der Waals surface area (Å²) in [6.45, 7) is 2.11. The van der Waals surface area contributed by atoms with Crippen molar-refractivity contribution in [2.75, 3.05) is 18.4 Å². The summed E-state index contributed by atoms with van der Waals surface area (Å²) >= 11 is 0. The summed E-state index contributed by atoms with van der Waals surface area (Å²) in [5.74, 6) is 0.103. The number of anilines is 1. The number of hydrogen-bond donors (Lipinski definition) is 3. The predicted octanol–water partition coefficient (Wildman–Crippen LogP) is 1.53. The van der Waals surface area contributed by atoms with Crippen molar-refractivity contribution in [2.45, 2.75) is 43.9 Å². The topological polar surface area (TPSA) is 86.4 Å². The molecule has 2 aliphatic rings. The van der Waals surface area contributed by atoms with Crippen molar-refractivity contribution >= 4 is 17.5 Å². The molecule has 2 aromatic rings. The summed E-state index contributed by atoms with van der Waals surface area (Å²) in [7, 11) is 0. The van der Waals surface area contributed by atoms with Gasteiger partial charge in [0.2, 0.25) is 11.8 Å². The molecule has 7 nitrogen and oxygen atoms in total. The fraction of sp³-hybridized carbons (Fsp3) is 0.409. The van der Waals surface area contributed by atoms with Crippen LogP contribution in [0.3, 0.4) is 0 Å². The van der Waals surface area contributed by atoms with E-state index >= 15 is 0 Å². The largest absolute Gasteiger partial charge is 0.353 e. The number of carbonyl (C=O) groups excluding carboxylic acids is 2. The summed E-state index contributed by atoms with van der Waals surface area (Å²) in [6, 6.07) is 15.7. The van der Waals surface area contributed by atoms with Crippen molar-refractivity contribution in [3.8, 4) is 0 Å². The molecule has 3 atom stereocenters. The zero-order valence-electron chi connectivity index (χ0n) is 16.4. The Bertz CT molecular complexity index is 830. The van der Waals surface area contributed by atoms with Gasteiger partial charge in [-0.05, 0) is 37.1 Å². The fourth-order valence-corrected chi connectivity index (χ4v) is 4.19. The van der Waals surface area contributed by atoms with Crippen molar-refractivity contribution in [2.24, 2.45) is 0 Å². The van der Waals surface area contributed by atoms with E-state index in [-0.39, 0.29) is 29.9 Å². The summed E-state index contributed by atoms with van der Waals surface area (Å²) in [4.78, 5) is 31.3. The number of piperazine rings is 1. The lowest BCUT2D eigenvalue weighted by Gasteiger charge is -2.37. The second kappa shape index (κ2) is 9.15. The molecule has 1 aromatic heterocycles. The van der Waals surface area contributed by atoms with Gasteiger partial charge in [-0.15, -0.1) is 0 Å². The molecule has 3 heterocycles. The molecule has 152 valence electrons. The third kappa shape index (κ3) is 4.99. The smallest absolute Gasteiger partial charge is 0.237 e. The van der Waals surface area contributed by atoms with Crippen LogP contribution in [-0.4, -0.2) is 52.9 Å². The van der Waals surface area contributed by atoms with E-state index in [4.69, 9.17) is 0 Å². The van der Waals surface area contributed by atoms with E-state index in [1.165, 1.54) is 0 Å². The second-order valence-corrected chi connectivity index (χ2v) is 7.70. The summed E-state index contributed by atoms with van der Waals surface area (Å²) in [6.07, 6.45) is 3.73. The summed E-state index contributed by atoms with van der Waals surface area (Å²) in [5.41, 5.74) is 1.81. The maximum atomic E-state index is 12.3. The zero-order valence-corrected chi connectivity index (χ0v) is 16.4. The van der Waals surface area contributed by atoms with E-state index in [1.807, 2.05) is 48.5 Å². The number of nitrogens with zero attached hydrogens (tertiary/aromatic N) is 2. The number of para-hydroxylation sites is 1. The molecular formula is C22H27N5O2. The van der Waals surface area contributed by atoms with Gasteiger partial charge in [0.1, 0.15) is 0 Å². The molecule has 3 N–H and O–H groups in total. The average Bonchev–Trinajstić information content (AvgIpc) is 3.19. The quantitative estimate of drug-likeness (QED) is 0.664. The van der Waals surface area contributed by atoms with Gasteiger partial charge in [0, 0.05) is 50.0 Å². The first-order chi connectivity index (χ1) is 14.2. The van der Waals surface area contributed by atoms with Crippen LogP contribution < -0.4 is 16.0 Å². The van der Waals surface area contributed by atoms with E-state index in [9.17, 15) is 9.59 Å². The number of nitrogens with one attached hydrogen (secondary N) is 3. The van der Waals surface area contributed by atoms with Gasteiger partial charge in [-0.1, -0.05) is 24.3 Å². The van der Waals surface area contributed by atoms with Gasteiger partial charge in [0.15, 0.2) is 0 Å². The van der Waals surface area contributed by atoms with Gasteiger partial charge in [-0.3, -0.25) is 19.5 Å². The van der Waals surface area contributed by atoms with Crippen LogP contribution in [0.1, 0.15) is 25.0 Å². The Kier molecular flexibility index (Phi) is 6.17. The third-order valence-corrected chi connectivity index (χ3v) is 5.68. The van der Waals surface area contributed by atoms with Crippen LogP contribution in [0.25, 0.3) is 0 Å². The van der Waals surface area contributed by atoms with E-state index in [0.717, 1.165) is 30.8 Å². The molecule has 0 aliphatic carbocycles. The predicted molar refractivity (Wildman–Crippen MR) is 111 cm³/mol. The number of amides is 2. The highest BCUT2D eigenvalue weighted by Crippen LogP contribution is 2.26. The standard InChI is InChI=1S/C22H27N5O2/c28-21(26-16-6-2-1-3-7-16)10-9-19-14-25-22(29)20-12-18(15-27(19)20)24-13-17-8-4-5-11-23-17/h1-8,11,18-20,24H,9-10,12-15H2,(H,25,29)(H,26,28). The minimum atomic E-state index is -0.118. The van der Waals surface area contributed by atoms with Gasteiger partial charge in [-0.2, -0.15) is 0 Å². The molecule has 0 radical (unpaired) electrons. The van der Waals surface area contributed by atoms with Crippen LogP contribution in [0.5, 0.6) is 0 Å². The minimum Gasteiger partial charge on any atom is -0.353 e. The number of fused-ring (bicyclic) bond motifs is 1. The Morgan fingerprint density at radius 1 is 1.17 bits per heavy atom. The van der Waals surface area contributed by atoms with Crippen LogP contribution in [0, 0.1) is 0 Å². The maximum Gasteiger partial charge on any atom is 0.237 e. The molecule has 3 unspecified atom stereocenters. The van der Waals surface area contributed by atoms with Crippen molar-refractivity contribution in [1.29, 1.82) is 0 Å². The lowest BCUT2D eigenvalue weighted by atomic mass is 10.0. The fourth-order valence-electron chi connectivity index (χ4n) is 4.19. The molecular weight excluding hydrogens is 366 g/mol. The molecule has 0 spiro atoms. The summed E-state index contributed by atoms with van der Waals surface area (Å²) < 4.78 is 0. The highest BCUT2D eigenvalue weighted by Gasteiger charge is 2.43. The second-order valence-electron chi connectivity index (χ2n) is 7.70. The molecule has 2 fully saturated rings. The van der Waals surface area contributed by atoms with Crippen molar-refractivity contribution in [1.82, 2.24) is 20.5 Å². The maximum absolute atomic E-state index is 12.3. The van der Waals surface area contributed by atoms with Crippen LogP contribution in [0.2, 0.25) is 0 Å². The minimum absolute atomic E-state index is 0.00803. The van der Waals surface area contributed by atoms with Gasteiger partial charge in [-0.25, -0.2) is 0 Å². The molecule has 2 amide bonds. The normalized spacial score (nSPS) is 24.0. The van der Waals surface area contributed by atoms with Crippen LogP contribution in [0.15, 0.2) is 54.7 Å². The Balaban J connectivity index is 1.29. The lowest BCUT2D eigenvalue weighted by molar-refractivity contribution is -0.129. The molecule has 2 saturated heterocycles. The SMILES string of the molecule is O=C(CCC1CNC(=O)C2CC(NCc3ccccn3)CN12)Nc1ccccc1. The Morgan fingerprint density at radius 2 is 2.00 bits per heavy atom. The van der Waals surface area contributed by atoms with Crippen molar-refractivity contribution in [3.05, 3.63) is 60.4 Å². The van der Waals surface area contributed by atoms with Crippen molar-refractivity contribution < 1.29 is 9.59 Å². The Labute approximate surface area is 170 Å². The molecule has 1 aromatic carbocycles. The van der Waals surface area contributed by atoms with E-state index < -0.39 is 0 Å². The van der Waals surface area contributed by atoms with Crippen LogP contribution in [0.4, 0.5) is 5.69 Å².